The second-order valence-electron chi connectivity index (χ2n) is 4.87. The average molecular weight is 278 g/mol. The van der Waals surface area contributed by atoms with Crippen molar-refractivity contribution in [3.05, 3.63) is 47.1 Å². The van der Waals surface area contributed by atoms with E-state index in [4.69, 9.17) is 4.52 Å². The van der Waals surface area contributed by atoms with Crippen molar-refractivity contribution in [1.82, 2.24) is 10.1 Å². The van der Waals surface area contributed by atoms with Crippen LogP contribution in [0, 0.1) is 11.6 Å². The molecule has 1 aliphatic rings. The van der Waals surface area contributed by atoms with Gasteiger partial charge in [-0.2, -0.15) is 4.98 Å². The molecule has 1 saturated carbocycles. The van der Waals surface area contributed by atoms with Crippen molar-refractivity contribution in [3.63, 3.8) is 0 Å². The number of hydrogen-bond acceptors (Lipinski definition) is 4. The largest absolute Gasteiger partial charge is 0.339 e. The summed E-state index contributed by atoms with van der Waals surface area (Å²) in [4.78, 5) is 16.1. The molecule has 1 aromatic carbocycles. The maximum absolute atomic E-state index is 13.0. The number of ketones is 1. The van der Waals surface area contributed by atoms with Gasteiger partial charge in [0.25, 0.3) is 0 Å². The van der Waals surface area contributed by atoms with E-state index in [2.05, 4.69) is 10.1 Å². The molecule has 0 bridgehead atoms. The van der Waals surface area contributed by atoms with Gasteiger partial charge in [-0.3, -0.25) is 4.79 Å². The minimum Gasteiger partial charge on any atom is -0.339 e. The summed E-state index contributed by atoms with van der Waals surface area (Å²) in [5.74, 6) is -0.773. The van der Waals surface area contributed by atoms with Crippen LogP contribution in [0.5, 0.6) is 0 Å². The minimum atomic E-state index is -1.02. The van der Waals surface area contributed by atoms with E-state index >= 15 is 0 Å². The Bertz CT molecular complexity index is 650. The highest BCUT2D eigenvalue weighted by Gasteiger charge is 2.28. The number of hydrogen-bond donors (Lipinski definition) is 0. The van der Waals surface area contributed by atoms with E-state index in [-0.39, 0.29) is 17.8 Å². The van der Waals surface area contributed by atoms with E-state index < -0.39 is 11.6 Å². The second kappa shape index (κ2) is 5.11. The number of carbonyl (C=O) groups excluding carboxylic acids is 1. The third kappa shape index (κ3) is 2.74. The van der Waals surface area contributed by atoms with Gasteiger partial charge in [0.1, 0.15) is 0 Å². The minimum absolute atomic E-state index is 0.122. The van der Waals surface area contributed by atoms with Gasteiger partial charge in [-0.05, 0) is 31.0 Å². The number of aromatic nitrogens is 2. The van der Waals surface area contributed by atoms with Crippen molar-refractivity contribution in [3.8, 4) is 0 Å². The lowest BCUT2D eigenvalue weighted by Gasteiger charge is -2.00. The third-order valence-electron chi connectivity index (χ3n) is 3.23. The Morgan fingerprint density at radius 2 is 2.10 bits per heavy atom. The van der Waals surface area contributed by atoms with E-state index in [9.17, 15) is 13.6 Å². The van der Waals surface area contributed by atoms with Crippen LogP contribution in [-0.4, -0.2) is 15.9 Å². The van der Waals surface area contributed by atoms with Gasteiger partial charge in [0, 0.05) is 24.3 Å². The first-order chi connectivity index (χ1) is 9.63. The van der Waals surface area contributed by atoms with Crippen LogP contribution in [0.15, 0.2) is 22.7 Å². The maximum Gasteiger partial charge on any atom is 0.227 e. The van der Waals surface area contributed by atoms with Crippen LogP contribution in [0.1, 0.15) is 47.3 Å². The van der Waals surface area contributed by atoms with Crippen LogP contribution >= 0.6 is 0 Å². The van der Waals surface area contributed by atoms with Crippen LogP contribution in [0.4, 0.5) is 8.78 Å². The average Bonchev–Trinajstić information content (AvgIpc) is 3.18. The molecule has 20 heavy (non-hydrogen) atoms. The van der Waals surface area contributed by atoms with Crippen molar-refractivity contribution in [1.29, 1.82) is 0 Å². The molecule has 1 fully saturated rings. The Morgan fingerprint density at radius 3 is 2.80 bits per heavy atom. The van der Waals surface area contributed by atoms with E-state index in [1.54, 1.807) is 0 Å². The summed E-state index contributed by atoms with van der Waals surface area (Å²) in [6.07, 6.45) is 2.58. The SMILES string of the molecule is O=C(CCc1nc(C2CC2)no1)c1ccc(F)c(F)c1. The van der Waals surface area contributed by atoms with Crippen molar-refractivity contribution >= 4 is 5.78 Å². The van der Waals surface area contributed by atoms with Gasteiger partial charge in [-0.1, -0.05) is 5.16 Å². The smallest absolute Gasteiger partial charge is 0.227 e. The molecule has 6 heteroatoms. The summed E-state index contributed by atoms with van der Waals surface area (Å²) in [6.45, 7) is 0. The zero-order valence-electron chi connectivity index (χ0n) is 10.6. The van der Waals surface area contributed by atoms with Crippen molar-refractivity contribution in [2.45, 2.75) is 31.6 Å². The van der Waals surface area contributed by atoms with Crippen molar-refractivity contribution in [2.75, 3.05) is 0 Å². The molecular formula is C14H12F2N2O2. The highest BCUT2D eigenvalue weighted by atomic mass is 19.2. The van der Waals surface area contributed by atoms with E-state index in [1.165, 1.54) is 6.07 Å². The fourth-order valence-corrected chi connectivity index (χ4v) is 1.91. The molecule has 1 aliphatic carbocycles. The van der Waals surface area contributed by atoms with Gasteiger partial charge in [-0.15, -0.1) is 0 Å². The van der Waals surface area contributed by atoms with Crippen LogP contribution < -0.4 is 0 Å². The molecule has 0 radical (unpaired) electrons. The predicted molar refractivity (Wildman–Crippen MR) is 65.3 cm³/mol. The number of halogens is 2. The molecule has 0 amide bonds. The molecular weight excluding hydrogens is 266 g/mol. The number of rotatable bonds is 5. The molecule has 0 saturated heterocycles. The highest BCUT2D eigenvalue weighted by molar-refractivity contribution is 5.96. The summed E-state index contributed by atoms with van der Waals surface area (Å²) >= 11 is 0. The first kappa shape index (κ1) is 12.9. The summed E-state index contributed by atoms with van der Waals surface area (Å²) in [7, 11) is 0. The van der Waals surface area contributed by atoms with Gasteiger partial charge >= 0.3 is 0 Å². The Balaban J connectivity index is 1.61. The molecule has 2 aromatic rings. The second-order valence-corrected chi connectivity index (χ2v) is 4.87. The van der Waals surface area contributed by atoms with Crippen LogP contribution in [0.3, 0.4) is 0 Å². The molecule has 1 heterocycles. The number of nitrogens with zero attached hydrogens (tertiary/aromatic N) is 2. The first-order valence-electron chi connectivity index (χ1n) is 6.44. The lowest BCUT2D eigenvalue weighted by Crippen LogP contribution is -2.02. The highest BCUT2D eigenvalue weighted by Crippen LogP contribution is 2.38. The van der Waals surface area contributed by atoms with E-state index in [0.717, 1.165) is 25.0 Å². The monoisotopic (exact) mass is 278 g/mol. The zero-order chi connectivity index (χ0) is 14.1. The molecule has 1 aromatic heterocycles. The van der Waals surface area contributed by atoms with Gasteiger partial charge in [0.15, 0.2) is 23.2 Å². The zero-order valence-corrected chi connectivity index (χ0v) is 10.6. The fraction of sp³-hybridized carbons (Fsp3) is 0.357. The van der Waals surface area contributed by atoms with Crippen molar-refractivity contribution < 1.29 is 18.1 Å². The fourth-order valence-electron chi connectivity index (χ4n) is 1.91. The van der Waals surface area contributed by atoms with E-state index in [0.29, 0.717) is 24.1 Å². The Labute approximate surface area is 113 Å². The summed E-state index contributed by atoms with van der Waals surface area (Å²) in [5.41, 5.74) is 0.144. The Morgan fingerprint density at radius 1 is 1.30 bits per heavy atom. The molecule has 3 rings (SSSR count). The molecule has 4 nitrogen and oxygen atoms in total. The molecule has 0 N–H and O–H groups in total. The number of carbonyl (C=O) groups is 1. The quantitative estimate of drug-likeness (QED) is 0.789. The van der Waals surface area contributed by atoms with Gasteiger partial charge in [-0.25, -0.2) is 8.78 Å². The third-order valence-corrected chi connectivity index (χ3v) is 3.23. The summed E-state index contributed by atoms with van der Waals surface area (Å²) in [5, 5.41) is 3.85. The summed E-state index contributed by atoms with van der Waals surface area (Å²) < 4.78 is 30.9. The topological polar surface area (TPSA) is 56.0 Å². The molecule has 104 valence electrons. The Hall–Kier alpha value is -2.11. The van der Waals surface area contributed by atoms with Gasteiger partial charge in [0.2, 0.25) is 5.89 Å². The number of Topliss-reactive ketones (excluding diaryl/α,β-unsaturated/α-hetero) is 1. The number of benzene rings is 1. The summed E-state index contributed by atoms with van der Waals surface area (Å²) in [6, 6.07) is 3.12. The van der Waals surface area contributed by atoms with Crippen LogP contribution in [0.25, 0.3) is 0 Å². The lowest BCUT2D eigenvalue weighted by molar-refractivity contribution is 0.0979. The lowest BCUT2D eigenvalue weighted by atomic mass is 10.1. The standard InChI is InChI=1S/C14H12F2N2O2/c15-10-4-3-9(7-11(10)16)12(19)5-6-13-17-14(18-20-13)8-1-2-8/h3-4,7-8H,1-2,5-6H2. The van der Waals surface area contributed by atoms with Crippen LogP contribution in [0.2, 0.25) is 0 Å². The molecule has 0 spiro atoms. The predicted octanol–water partition coefficient (Wildman–Crippen LogP) is 3.04. The van der Waals surface area contributed by atoms with E-state index in [1.807, 2.05) is 0 Å². The normalized spacial score (nSPS) is 14.5. The Kier molecular flexibility index (Phi) is 3.30. The van der Waals surface area contributed by atoms with Gasteiger partial charge < -0.3 is 4.52 Å². The van der Waals surface area contributed by atoms with Gasteiger partial charge in [0.05, 0.1) is 0 Å². The molecule has 0 atom stereocenters. The van der Waals surface area contributed by atoms with Crippen molar-refractivity contribution in [2.24, 2.45) is 0 Å². The molecule has 0 aliphatic heterocycles. The molecule has 0 unspecified atom stereocenters. The number of aryl methyl sites for hydroxylation is 1. The van der Waals surface area contributed by atoms with Crippen LogP contribution in [-0.2, 0) is 6.42 Å². The maximum atomic E-state index is 13.0. The first-order valence-corrected chi connectivity index (χ1v) is 6.44.